The van der Waals surface area contributed by atoms with Crippen molar-refractivity contribution in [2.75, 3.05) is 0 Å². The molecule has 0 radical (unpaired) electrons. The third kappa shape index (κ3) is 2.48. The Bertz CT molecular complexity index is 1130. The van der Waals surface area contributed by atoms with E-state index in [1.54, 1.807) is 18.6 Å². The first-order valence-corrected chi connectivity index (χ1v) is 8.30. The van der Waals surface area contributed by atoms with E-state index in [-0.39, 0.29) is 0 Å². The van der Waals surface area contributed by atoms with Crippen LogP contribution in [-0.2, 0) is 0 Å². The lowest BCUT2D eigenvalue weighted by atomic mass is 10.2. The van der Waals surface area contributed by atoms with Gasteiger partial charge in [-0.2, -0.15) is 4.98 Å². The molecule has 5 aromatic rings. The zero-order valence-corrected chi connectivity index (χ0v) is 13.5. The van der Waals surface area contributed by atoms with E-state index in [4.69, 9.17) is 8.94 Å². The standard InChI is InChI=1S/C17H9N5O2S/c1-2-4-13-10(3-1)7-14(23-13)15-21-16(24-22-15)12-9-25-17(20-12)11-8-18-5-6-19-11/h1-9H. The van der Waals surface area contributed by atoms with Crippen LogP contribution in [0.2, 0.25) is 0 Å². The number of nitrogens with zero attached hydrogens (tertiary/aromatic N) is 5. The van der Waals surface area contributed by atoms with Crippen molar-refractivity contribution in [3.8, 4) is 33.9 Å². The molecule has 0 fully saturated rings. The average Bonchev–Trinajstić information content (AvgIpc) is 3.39. The van der Waals surface area contributed by atoms with Gasteiger partial charge in [0.1, 0.15) is 22.0 Å². The van der Waals surface area contributed by atoms with E-state index in [9.17, 15) is 0 Å². The summed E-state index contributed by atoms with van der Waals surface area (Å²) < 4.78 is 11.1. The Balaban J connectivity index is 1.49. The van der Waals surface area contributed by atoms with Crippen LogP contribution in [0, 0.1) is 0 Å². The molecule has 0 aliphatic carbocycles. The molecule has 0 unspecified atom stereocenters. The van der Waals surface area contributed by atoms with Crippen molar-refractivity contribution < 1.29 is 8.94 Å². The SMILES string of the molecule is c1ccc2oc(-c3noc(-c4csc(-c5cnccn5)n4)n3)cc2c1. The van der Waals surface area contributed by atoms with Crippen molar-refractivity contribution in [3.63, 3.8) is 0 Å². The molecule has 4 aromatic heterocycles. The Kier molecular flexibility index (Phi) is 3.14. The topological polar surface area (TPSA) is 90.7 Å². The molecule has 0 atom stereocenters. The normalized spacial score (nSPS) is 11.2. The molecule has 8 heteroatoms. The molecule has 120 valence electrons. The minimum atomic E-state index is 0.335. The first kappa shape index (κ1) is 14.0. The lowest BCUT2D eigenvalue weighted by molar-refractivity contribution is 0.429. The highest BCUT2D eigenvalue weighted by Crippen LogP contribution is 2.30. The summed E-state index contributed by atoms with van der Waals surface area (Å²) in [6.45, 7) is 0. The minimum absolute atomic E-state index is 0.335. The summed E-state index contributed by atoms with van der Waals surface area (Å²) in [5.41, 5.74) is 2.08. The van der Waals surface area contributed by atoms with Gasteiger partial charge in [-0.1, -0.05) is 23.4 Å². The van der Waals surface area contributed by atoms with Crippen LogP contribution in [0.25, 0.3) is 44.8 Å². The highest BCUT2D eigenvalue weighted by atomic mass is 32.1. The summed E-state index contributed by atoms with van der Waals surface area (Å²) in [5.74, 6) is 1.28. The van der Waals surface area contributed by atoms with Crippen LogP contribution in [-0.4, -0.2) is 25.1 Å². The molecule has 0 saturated carbocycles. The maximum absolute atomic E-state index is 5.76. The Morgan fingerprint density at radius 1 is 1.00 bits per heavy atom. The molecule has 0 spiro atoms. The summed E-state index contributed by atoms with van der Waals surface area (Å²) in [5, 5.41) is 7.57. The maximum atomic E-state index is 5.76. The van der Waals surface area contributed by atoms with Crippen LogP contribution in [0.3, 0.4) is 0 Å². The second kappa shape index (κ2) is 5.60. The van der Waals surface area contributed by atoms with Crippen molar-refractivity contribution >= 4 is 22.3 Å². The number of hydrogen-bond donors (Lipinski definition) is 0. The monoisotopic (exact) mass is 347 g/mol. The zero-order chi connectivity index (χ0) is 16.6. The van der Waals surface area contributed by atoms with Gasteiger partial charge in [-0.3, -0.25) is 9.97 Å². The fourth-order valence-corrected chi connectivity index (χ4v) is 3.17. The largest absolute Gasteiger partial charge is 0.453 e. The molecule has 0 aliphatic rings. The summed E-state index contributed by atoms with van der Waals surface area (Å²) in [6.07, 6.45) is 4.91. The van der Waals surface area contributed by atoms with Gasteiger partial charge in [-0.25, -0.2) is 4.98 Å². The van der Waals surface area contributed by atoms with Gasteiger partial charge in [0.2, 0.25) is 5.82 Å². The Morgan fingerprint density at radius 3 is 2.84 bits per heavy atom. The van der Waals surface area contributed by atoms with E-state index < -0.39 is 0 Å². The van der Waals surface area contributed by atoms with Crippen LogP contribution >= 0.6 is 11.3 Å². The first-order chi connectivity index (χ1) is 12.4. The highest BCUT2D eigenvalue weighted by molar-refractivity contribution is 7.13. The molecule has 0 saturated heterocycles. The van der Waals surface area contributed by atoms with Gasteiger partial charge >= 0.3 is 0 Å². The maximum Gasteiger partial charge on any atom is 0.277 e. The second-order valence-electron chi connectivity index (χ2n) is 5.20. The molecule has 5 rings (SSSR count). The van der Waals surface area contributed by atoms with Crippen LogP contribution in [0.5, 0.6) is 0 Å². The third-order valence-corrected chi connectivity index (χ3v) is 4.44. The number of rotatable bonds is 3. The van der Waals surface area contributed by atoms with Gasteiger partial charge in [0.05, 0.1) is 6.20 Å². The summed E-state index contributed by atoms with van der Waals surface area (Å²) in [6, 6.07) is 9.62. The van der Waals surface area contributed by atoms with Gasteiger partial charge in [0.15, 0.2) is 5.76 Å². The third-order valence-electron chi connectivity index (χ3n) is 3.58. The van der Waals surface area contributed by atoms with E-state index in [1.165, 1.54) is 11.3 Å². The number of thiazole rings is 1. The van der Waals surface area contributed by atoms with E-state index >= 15 is 0 Å². The Labute approximate surface area is 145 Å². The number of aromatic nitrogens is 5. The molecule has 25 heavy (non-hydrogen) atoms. The van der Waals surface area contributed by atoms with Crippen molar-refractivity contribution in [1.29, 1.82) is 0 Å². The number of benzene rings is 1. The quantitative estimate of drug-likeness (QED) is 0.486. The lowest BCUT2D eigenvalue weighted by Gasteiger charge is -1.91. The summed E-state index contributed by atoms with van der Waals surface area (Å²) in [4.78, 5) is 17.2. The van der Waals surface area contributed by atoms with Crippen LogP contribution in [0.15, 0.2) is 63.2 Å². The summed E-state index contributed by atoms with van der Waals surface area (Å²) >= 11 is 1.44. The van der Waals surface area contributed by atoms with Crippen molar-refractivity contribution in [2.24, 2.45) is 0 Å². The van der Waals surface area contributed by atoms with Crippen molar-refractivity contribution in [3.05, 3.63) is 54.3 Å². The number of furan rings is 1. The number of para-hydroxylation sites is 1. The molecular weight excluding hydrogens is 338 g/mol. The van der Waals surface area contributed by atoms with Crippen LogP contribution in [0.4, 0.5) is 0 Å². The summed E-state index contributed by atoms with van der Waals surface area (Å²) in [7, 11) is 0. The number of hydrogen-bond acceptors (Lipinski definition) is 8. The van der Waals surface area contributed by atoms with Gasteiger partial charge in [0, 0.05) is 23.2 Å². The molecule has 1 aromatic carbocycles. The predicted octanol–water partition coefficient (Wildman–Crippen LogP) is 4.06. The van der Waals surface area contributed by atoms with E-state index in [2.05, 4.69) is 25.1 Å². The molecular formula is C17H9N5O2S. The molecule has 4 heterocycles. The molecule has 0 amide bonds. The van der Waals surface area contributed by atoms with Gasteiger partial charge in [-0.05, 0) is 12.1 Å². The van der Waals surface area contributed by atoms with Crippen LogP contribution in [0.1, 0.15) is 0 Å². The minimum Gasteiger partial charge on any atom is -0.453 e. The fraction of sp³-hybridized carbons (Fsp3) is 0. The molecule has 0 bridgehead atoms. The highest BCUT2D eigenvalue weighted by Gasteiger charge is 2.17. The second-order valence-corrected chi connectivity index (χ2v) is 6.06. The smallest absolute Gasteiger partial charge is 0.277 e. The van der Waals surface area contributed by atoms with E-state index in [0.717, 1.165) is 16.0 Å². The van der Waals surface area contributed by atoms with Crippen molar-refractivity contribution in [2.45, 2.75) is 0 Å². The molecule has 0 aliphatic heterocycles. The lowest BCUT2D eigenvalue weighted by Crippen LogP contribution is -1.84. The predicted molar refractivity (Wildman–Crippen MR) is 91.6 cm³/mol. The van der Waals surface area contributed by atoms with Gasteiger partial charge < -0.3 is 8.94 Å². The Morgan fingerprint density at radius 2 is 1.96 bits per heavy atom. The molecule has 0 N–H and O–H groups in total. The van der Waals surface area contributed by atoms with Crippen LogP contribution < -0.4 is 0 Å². The first-order valence-electron chi connectivity index (χ1n) is 7.42. The number of fused-ring (bicyclic) bond motifs is 1. The average molecular weight is 347 g/mol. The van der Waals surface area contributed by atoms with E-state index in [0.29, 0.717) is 28.9 Å². The molecule has 7 nitrogen and oxygen atoms in total. The van der Waals surface area contributed by atoms with Gasteiger partial charge in [0.25, 0.3) is 5.89 Å². The van der Waals surface area contributed by atoms with Crippen molar-refractivity contribution in [1.82, 2.24) is 25.1 Å². The van der Waals surface area contributed by atoms with Gasteiger partial charge in [-0.15, -0.1) is 11.3 Å². The zero-order valence-electron chi connectivity index (χ0n) is 12.7. The Hall–Kier alpha value is -3.39. The fourth-order valence-electron chi connectivity index (χ4n) is 2.42. The van der Waals surface area contributed by atoms with E-state index in [1.807, 2.05) is 35.7 Å².